The maximum absolute atomic E-state index is 11.9. The number of carbonyl (C=O) groups is 3. The first-order valence-corrected chi connectivity index (χ1v) is 4.88. The lowest BCUT2D eigenvalue weighted by atomic mass is 10.2. The maximum Gasteiger partial charge on any atom is 0.323 e. The van der Waals surface area contributed by atoms with E-state index in [9.17, 15) is 19.2 Å². The zero-order valence-corrected chi connectivity index (χ0v) is 9.25. The third-order valence-corrected chi connectivity index (χ3v) is 1.98. The predicted octanol–water partition coefficient (Wildman–Crippen LogP) is -1.61. The van der Waals surface area contributed by atoms with Gasteiger partial charge < -0.3 is 20.7 Å². The molecule has 4 N–H and O–H groups in total. The number of H-pyrrole nitrogens is 1. The molecule has 96 valence electrons. The summed E-state index contributed by atoms with van der Waals surface area (Å²) < 4.78 is 0. The molecule has 0 spiro atoms. The molecule has 0 aliphatic rings. The summed E-state index contributed by atoms with van der Waals surface area (Å²) in [4.78, 5) is 47.3. The summed E-state index contributed by atoms with van der Waals surface area (Å²) in [6, 6.07) is 2.32. The highest BCUT2D eigenvalue weighted by Crippen LogP contribution is 2.01. The van der Waals surface area contributed by atoms with Gasteiger partial charge in [0.1, 0.15) is 13.1 Å². The highest BCUT2D eigenvalue weighted by molar-refractivity contribution is 5.97. The Morgan fingerprint density at radius 2 is 2.00 bits per heavy atom. The largest absolute Gasteiger partial charge is 0.480 e. The minimum absolute atomic E-state index is 0.0127. The number of amides is 2. The van der Waals surface area contributed by atoms with Gasteiger partial charge in [0, 0.05) is 17.8 Å². The van der Waals surface area contributed by atoms with Crippen molar-refractivity contribution < 1.29 is 19.5 Å². The van der Waals surface area contributed by atoms with Gasteiger partial charge in [-0.2, -0.15) is 0 Å². The fourth-order valence-electron chi connectivity index (χ4n) is 1.31. The Balaban J connectivity index is 2.97. The third kappa shape index (κ3) is 3.74. The average Bonchev–Trinajstić information content (AvgIpc) is 2.26. The van der Waals surface area contributed by atoms with Crippen molar-refractivity contribution in [2.24, 2.45) is 5.73 Å². The second-order valence-electron chi connectivity index (χ2n) is 3.46. The molecule has 2 amide bonds. The number of carbonyl (C=O) groups excluding carboxylic acids is 2. The number of nitrogens with two attached hydrogens (primary N) is 1. The van der Waals surface area contributed by atoms with Crippen LogP contribution in [0.2, 0.25) is 0 Å². The number of aromatic amines is 1. The summed E-state index contributed by atoms with van der Waals surface area (Å²) in [6.07, 6.45) is 1.25. The normalized spacial score (nSPS) is 9.78. The molecule has 0 fully saturated rings. The number of pyridine rings is 1. The minimum atomic E-state index is -1.28. The fourth-order valence-corrected chi connectivity index (χ4v) is 1.31. The number of primary amides is 1. The van der Waals surface area contributed by atoms with Crippen LogP contribution in [0.15, 0.2) is 23.1 Å². The zero-order chi connectivity index (χ0) is 13.7. The molecule has 1 aromatic rings. The predicted molar refractivity (Wildman–Crippen MR) is 59.8 cm³/mol. The van der Waals surface area contributed by atoms with E-state index >= 15 is 0 Å². The van der Waals surface area contributed by atoms with Crippen LogP contribution in [-0.4, -0.2) is 45.9 Å². The Bertz CT molecular complexity index is 520. The number of nitrogens with one attached hydrogen (secondary N) is 1. The van der Waals surface area contributed by atoms with E-state index in [2.05, 4.69) is 4.98 Å². The second kappa shape index (κ2) is 5.62. The molecule has 1 rings (SSSR count). The lowest BCUT2D eigenvalue weighted by Crippen LogP contribution is -2.41. The molecule has 8 nitrogen and oxygen atoms in total. The quantitative estimate of drug-likeness (QED) is 0.580. The van der Waals surface area contributed by atoms with Gasteiger partial charge in [-0.25, -0.2) is 0 Å². The Kier molecular flexibility index (Phi) is 4.19. The number of nitrogens with zero attached hydrogens (tertiary/aromatic N) is 1. The molecule has 0 unspecified atom stereocenters. The summed E-state index contributed by atoms with van der Waals surface area (Å²) >= 11 is 0. The van der Waals surface area contributed by atoms with Crippen molar-refractivity contribution in [1.82, 2.24) is 9.88 Å². The lowest BCUT2D eigenvalue weighted by Gasteiger charge is -2.18. The molecular weight excluding hydrogens is 242 g/mol. The molecule has 0 saturated heterocycles. The van der Waals surface area contributed by atoms with Crippen LogP contribution in [0.4, 0.5) is 0 Å². The van der Waals surface area contributed by atoms with Crippen molar-refractivity contribution >= 4 is 17.8 Å². The van der Waals surface area contributed by atoms with Gasteiger partial charge in [-0.3, -0.25) is 19.2 Å². The van der Waals surface area contributed by atoms with Gasteiger partial charge in [0.15, 0.2) is 0 Å². The molecule has 0 radical (unpaired) electrons. The van der Waals surface area contributed by atoms with Gasteiger partial charge in [-0.1, -0.05) is 0 Å². The number of aromatic nitrogens is 1. The Morgan fingerprint density at radius 3 is 2.50 bits per heavy atom. The summed E-state index contributed by atoms with van der Waals surface area (Å²) in [6.45, 7) is -1.20. The van der Waals surface area contributed by atoms with E-state index < -0.39 is 36.4 Å². The van der Waals surface area contributed by atoms with Crippen LogP contribution >= 0.6 is 0 Å². The van der Waals surface area contributed by atoms with Crippen molar-refractivity contribution in [1.29, 1.82) is 0 Å². The van der Waals surface area contributed by atoms with Crippen molar-refractivity contribution in [2.45, 2.75) is 0 Å². The van der Waals surface area contributed by atoms with Crippen molar-refractivity contribution in [2.75, 3.05) is 13.1 Å². The lowest BCUT2D eigenvalue weighted by molar-refractivity contribution is -0.138. The van der Waals surface area contributed by atoms with Crippen LogP contribution in [0, 0.1) is 0 Å². The standard InChI is InChI=1S/C10H11N3O5/c11-7(14)4-13(5-9(16)17)10(18)6-1-2-12-8(15)3-6/h1-3H,4-5H2,(H2,11,14)(H,12,15)(H,16,17). The Hall–Kier alpha value is -2.64. The summed E-state index contributed by atoms with van der Waals surface area (Å²) in [5.74, 6) is -2.87. The topological polar surface area (TPSA) is 134 Å². The van der Waals surface area contributed by atoms with E-state index in [-0.39, 0.29) is 5.56 Å². The van der Waals surface area contributed by atoms with Crippen LogP contribution in [0.3, 0.4) is 0 Å². The van der Waals surface area contributed by atoms with Crippen molar-refractivity contribution in [3.8, 4) is 0 Å². The van der Waals surface area contributed by atoms with Gasteiger partial charge in [0.25, 0.3) is 5.91 Å². The zero-order valence-electron chi connectivity index (χ0n) is 9.25. The number of carboxylic acids is 1. The first kappa shape index (κ1) is 13.4. The summed E-state index contributed by atoms with van der Waals surface area (Å²) in [5.41, 5.74) is 4.40. The van der Waals surface area contributed by atoms with E-state index in [0.29, 0.717) is 0 Å². The molecule has 0 aliphatic heterocycles. The average molecular weight is 253 g/mol. The molecule has 1 heterocycles. The molecule has 0 aromatic carbocycles. The molecule has 18 heavy (non-hydrogen) atoms. The number of carboxylic acid groups (broad SMARTS) is 1. The smallest absolute Gasteiger partial charge is 0.323 e. The fraction of sp³-hybridized carbons (Fsp3) is 0.200. The molecule has 8 heteroatoms. The van der Waals surface area contributed by atoms with Crippen molar-refractivity contribution in [3.05, 3.63) is 34.2 Å². The molecule has 0 saturated carbocycles. The van der Waals surface area contributed by atoms with Gasteiger partial charge in [-0.15, -0.1) is 0 Å². The van der Waals surface area contributed by atoms with E-state index in [1.54, 1.807) is 0 Å². The van der Waals surface area contributed by atoms with Crippen molar-refractivity contribution in [3.63, 3.8) is 0 Å². The van der Waals surface area contributed by atoms with E-state index in [0.717, 1.165) is 11.0 Å². The van der Waals surface area contributed by atoms with Crippen LogP contribution in [0.5, 0.6) is 0 Å². The molecule has 1 aromatic heterocycles. The highest BCUT2D eigenvalue weighted by Gasteiger charge is 2.20. The number of rotatable bonds is 5. The summed E-state index contributed by atoms with van der Waals surface area (Å²) in [7, 11) is 0. The van der Waals surface area contributed by atoms with E-state index in [1.165, 1.54) is 12.3 Å². The molecule has 0 bridgehead atoms. The number of aliphatic carboxylic acids is 1. The summed E-state index contributed by atoms with van der Waals surface area (Å²) in [5, 5.41) is 8.63. The molecular formula is C10H11N3O5. The molecule has 0 aliphatic carbocycles. The van der Waals surface area contributed by atoms with Gasteiger partial charge in [0.2, 0.25) is 11.5 Å². The van der Waals surface area contributed by atoms with Gasteiger partial charge in [-0.05, 0) is 6.07 Å². The molecule has 0 atom stereocenters. The number of hydrogen-bond acceptors (Lipinski definition) is 4. The highest BCUT2D eigenvalue weighted by atomic mass is 16.4. The van der Waals surface area contributed by atoms with Crippen LogP contribution in [0.25, 0.3) is 0 Å². The van der Waals surface area contributed by atoms with Crippen LogP contribution in [0.1, 0.15) is 10.4 Å². The minimum Gasteiger partial charge on any atom is -0.480 e. The van der Waals surface area contributed by atoms with E-state index in [1.807, 2.05) is 0 Å². The second-order valence-corrected chi connectivity index (χ2v) is 3.46. The van der Waals surface area contributed by atoms with Crippen LogP contribution in [-0.2, 0) is 9.59 Å². The third-order valence-electron chi connectivity index (χ3n) is 1.98. The van der Waals surface area contributed by atoms with E-state index in [4.69, 9.17) is 10.8 Å². The first-order valence-electron chi connectivity index (χ1n) is 4.88. The first-order chi connectivity index (χ1) is 8.40. The van der Waals surface area contributed by atoms with Gasteiger partial charge >= 0.3 is 5.97 Å². The Morgan fingerprint density at radius 1 is 1.33 bits per heavy atom. The van der Waals surface area contributed by atoms with Gasteiger partial charge in [0.05, 0.1) is 0 Å². The number of hydrogen-bond donors (Lipinski definition) is 3. The maximum atomic E-state index is 11.9. The SMILES string of the molecule is NC(=O)CN(CC(=O)O)C(=O)c1cc[nH]c(=O)c1. The monoisotopic (exact) mass is 253 g/mol. The Labute approximate surface area is 101 Å². The van der Waals surface area contributed by atoms with Crippen LogP contribution < -0.4 is 11.3 Å².